The minimum absolute atomic E-state index is 0.0565. The van der Waals surface area contributed by atoms with E-state index in [1.54, 1.807) is 42.3 Å². The molecular formula is C31H42N2O6. The van der Waals surface area contributed by atoms with Crippen LogP contribution in [0.25, 0.3) is 5.76 Å². The zero-order chi connectivity index (χ0) is 28.7. The quantitative estimate of drug-likeness (QED) is 0.213. The molecule has 1 aliphatic rings. The van der Waals surface area contributed by atoms with Crippen LogP contribution in [0.3, 0.4) is 0 Å². The number of nitrogens with zero attached hydrogens (tertiary/aromatic N) is 2. The number of hydrogen-bond acceptors (Lipinski definition) is 7. The van der Waals surface area contributed by atoms with E-state index in [4.69, 9.17) is 14.2 Å². The molecule has 1 unspecified atom stereocenters. The first-order chi connectivity index (χ1) is 18.7. The molecule has 0 aliphatic carbocycles. The second-order valence-corrected chi connectivity index (χ2v) is 10.0. The lowest BCUT2D eigenvalue weighted by molar-refractivity contribution is -0.140. The minimum Gasteiger partial charge on any atom is -0.507 e. The van der Waals surface area contributed by atoms with Gasteiger partial charge in [-0.1, -0.05) is 33.8 Å². The third-order valence-corrected chi connectivity index (χ3v) is 6.92. The highest BCUT2D eigenvalue weighted by molar-refractivity contribution is 6.46. The van der Waals surface area contributed by atoms with Crippen LogP contribution in [-0.4, -0.2) is 73.1 Å². The van der Waals surface area contributed by atoms with Crippen molar-refractivity contribution in [1.29, 1.82) is 0 Å². The number of rotatable bonds is 13. The van der Waals surface area contributed by atoms with E-state index in [1.807, 2.05) is 19.9 Å². The van der Waals surface area contributed by atoms with Gasteiger partial charge in [-0.2, -0.15) is 0 Å². The first-order valence-corrected chi connectivity index (χ1v) is 13.7. The molecule has 1 amide bonds. The van der Waals surface area contributed by atoms with E-state index < -0.39 is 17.7 Å². The summed E-state index contributed by atoms with van der Waals surface area (Å²) >= 11 is 0. The number of likely N-dealkylation sites (tertiary alicyclic amines) is 1. The Kier molecular flexibility index (Phi) is 10.4. The Balaban J connectivity index is 2.12. The number of aliphatic hydroxyl groups is 1. The molecule has 0 radical (unpaired) electrons. The second-order valence-electron chi connectivity index (χ2n) is 10.0. The van der Waals surface area contributed by atoms with E-state index in [-0.39, 0.29) is 11.3 Å². The maximum absolute atomic E-state index is 13.4. The number of carbonyl (C=O) groups excluding carboxylic acids is 2. The van der Waals surface area contributed by atoms with Gasteiger partial charge in [0.05, 0.1) is 31.9 Å². The molecular weight excluding hydrogens is 496 g/mol. The molecule has 3 rings (SSSR count). The Labute approximate surface area is 232 Å². The maximum Gasteiger partial charge on any atom is 0.295 e. The molecule has 0 spiro atoms. The van der Waals surface area contributed by atoms with Crippen LogP contribution in [0.4, 0.5) is 0 Å². The number of ketones is 1. The van der Waals surface area contributed by atoms with Gasteiger partial charge in [0.15, 0.2) is 11.5 Å². The van der Waals surface area contributed by atoms with Crippen LogP contribution in [0.1, 0.15) is 57.4 Å². The molecule has 1 aliphatic heterocycles. The van der Waals surface area contributed by atoms with E-state index in [1.165, 1.54) is 0 Å². The molecule has 212 valence electrons. The zero-order valence-corrected chi connectivity index (χ0v) is 24.2. The Hall–Kier alpha value is -3.52. The van der Waals surface area contributed by atoms with Gasteiger partial charge in [-0.3, -0.25) is 9.59 Å². The van der Waals surface area contributed by atoms with Gasteiger partial charge in [-0.25, -0.2) is 0 Å². The van der Waals surface area contributed by atoms with Crippen molar-refractivity contribution in [2.24, 2.45) is 5.92 Å². The van der Waals surface area contributed by atoms with Crippen molar-refractivity contribution in [2.75, 3.05) is 46.5 Å². The van der Waals surface area contributed by atoms with E-state index in [9.17, 15) is 14.7 Å². The Morgan fingerprint density at radius 3 is 2.28 bits per heavy atom. The molecule has 0 bridgehead atoms. The van der Waals surface area contributed by atoms with Gasteiger partial charge in [0.1, 0.15) is 11.5 Å². The SMILES string of the molecule is CCOc1ccc(C2/C(=C(\O)c3ccc(OCC(C)C)c(C)c3)C(=O)C(=O)N2CCN(CC)CC)cc1OC. The van der Waals surface area contributed by atoms with Crippen LogP contribution in [0, 0.1) is 12.8 Å². The van der Waals surface area contributed by atoms with E-state index in [0.29, 0.717) is 60.6 Å². The zero-order valence-electron chi connectivity index (χ0n) is 24.2. The topological polar surface area (TPSA) is 88.5 Å². The highest BCUT2D eigenvalue weighted by Gasteiger charge is 2.46. The molecule has 8 heteroatoms. The molecule has 1 fully saturated rings. The summed E-state index contributed by atoms with van der Waals surface area (Å²) < 4.78 is 17.1. The summed E-state index contributed by atoms with van der Waals surface area (Å²) in [5, 5.41) is 11.5. The number of aliphatic hydroxyl groups excluding tert-OH is 1. The van der Waals surface area contributed by atoms with Crippen molar-refractivity contribution in [2.45, 2.75) is 47.6 Å². The number of hydrogen-bond donors (Lipinski definition) is 1. The predicted octanol–water partition coefficient (Wildman–Crippen LogP) is 5.20. The number of aryl methyl sites for hydroxylation is 1. The summed E-state index contributed by atoms with van der Waals surface area (Å²) in [5.41, 5.74) is 1.99. The normalized spacial score (nSPS) is 16.8. The summed E-state index contributed by atoms with van der Waals surface area (Å²) in [6.45, 7) is 15.7. The van der Waals surface area contributed by atoms with E-state index in [2.05, 4.69) is 32.6 Å². The van der Waals surface area contributed by atoms with Crippen molar-refractivity contribution in [3.05, 3.63) is 58.7 Å². The fourth-order valence-electron chi connectivity index (χ4n) is 4.75. The predicted molar refractivity (Wildman–Crippen MR) is 152 cm³/mol. The van der Waals surface area contributed by atoms with Crippen LogP contribution < -0.4 is 14.2 Å². The molecule has 1 atom stereocenters. The maximum atomic E-state index is 13.4. The monoisotopic (exact) mass is 538 g/mol. The second kappa shape index (κ2) is 13.5. The van der Waals surface area contributed by atoms with Crippen LogP contribution in [0.5, 0.6) is 17.2 Å². The third kappa shape index (κ3) is 6.74. The highest BCUT2D eigenvalue weighted by atomic mass is 16.5. The minimum atomic E-state index is -0.776. The lowest BCUT2D eigenvalue weighted by Gasteiger charge is -2.28. The molecule has 8 nitrogen and oxygen atoms in total. The van der Waals surface area contributed by atoms with Crippen molar-refractivity contribution in [1.82, 2.24) is 9.80 Å². The lowest BCUT2D eigenvalue weighted by atomic mass is 9.94. The molecule has 1 N–H and O–H groups in total. The Bertz CT molecular complexity index is 1200. The number of likely N-dealkylation sites (N-methyl/N-ethyl adjacent to an activating group) is 1. The summed E-state index contributed by atoms with van der Waals surface area (Å²) in [6.07, 6.45) is 0. The van der Waals surface area contributed by atoms with E-state index in [0.717, 1.165) is 18.7 Å². The van der Waals surface area contributed by atoms with Crippen molar-refractivity contribution in [3.63, 3.8) is 0 Å². The van der Waals surface area contributed by atoms with Crippen LogP contribution in [-0.2, 0) is 9.59 Å². The molecule has 0 aromatic heterocycles. The average molecular weight is 539 g/mol. The van der Waals surface area contributed by atoms with Gasteiger partial charge >= 0.3 is 0 Å². The van der Waals surface area contributed by atoms with Crippen LogP contribution in [0.2, 0.25) is 0 Å². The number of amides is 1. The summed E-state index contributed by atoms with van der Waals surface area (Å²) in [5.74, 6) is 0.596. The van der Waals surface area contributed by atoms with Gasteiger partial charge < -0.3 is 29.1 Å². The summed E-state index contributed by atoms with van der Waals surface area (Å²) in [6, 6.07) is 9.87. The van der Waals surface area contributed by atoms with Gasteiger partial charge in [-0.05, 0) is 74.3 Å². The van der Waals surface area contributed by atoms with Gasteiger partial charge in [0.2, 0.25) is 0 Å². The van der Waals surface area contributed by atoms with Crippen LogP contribution in [0.15, 0.2) is 42.0 Å². The van der Waals surface area contributed by atoms with Crippen molar-refractivity contribution < 1.29 is 28.9 Å². The molecule has 2 aromatic carbocycles. The number of carbonyl (C=O) groups is 2. The van der Waals surface area contributed by atoms with Crippen molar-refractivity contribution >= 4 is 17.4 Å². The smallest absolute Gasteiger partial charge is 0.295 e. The molecule has 1 heterocycles. The first-order valence-electron chi connectivity index (χ1n) is 13.7. The summed E-state index contributed by atoms with van der Waals surface area (Å²) in [7, 11) is 1.55. The molecule has 39 heavy (non-hydrogen) atoms. The number of benzene rings is 2. The van der Waals surface area contributed by atoms with Gasteiger partial charge in [0, 0.05) is 18.7 Å². The van der Waals surface area contributed by atoms with E-state index >= 15 is 0 Å². The fraction of sp³-hybridized carbons (Fsp3) is 0.484. The summed E-state index contributed by atoms with van der Waals surface area (Å²) in [4.78, 5) is 30.5. The molecule has 2 aromatic rings. The average Bonchev–Trinajstić information content (AvgIpc) is 3.17. The number of methoxy groups -OCH3 is 1. The number of ether oxygens (including phenoxy) is 3. The standard InChI is InChI=1S/C31H42N2O6/c1-8-32(9-2)15-16-33-28(22-11-14-25(38-10-3)26(18-22)37-7)27(30(35)31(33)36)29(34)23-12-13-24(21(6)17-23)39-19-20(4)5/h11-14,17-18,20,28,34H,8-10,15-16,19H2,1-7H3/b29-27+. The molecule has 0 saturated carbocycles. The fourth-order valence-corrected chi connectivity index (χ4v) is 4.75. The third-order valence-electron chi connectivity index (χ3n) is 6.92. The largest absolute Gasteiger partial charge is 0.507 e. The van der Waals surface area contributed by atoms with Gasteiger partial charge in [0.25, 0.3) is 11.7 Å². The lowest BCUT2D eigenvalue weighted by Crippen LogP contribution is -2.38. The van der Waals surface area contributed by atoms with Crippen molar-refractivity contribution in [3.8, 4) is 17.2 Å². The van der Waals surface area contributed by atoms with Gasteiger partial charge in [-0.15, -0.1) is 0 Å². The number of Topliss-reactive ketones (excluding diaryl/α,β-unsaturated/α-hetero) is 1. The Morgan fingerprint density at radius 1 is 1.00 bits per heavy atom. The highest BCUT2D eigenvalue weighted by Crippen LogP contribution is 2.42. The molecule has 1 saturated heterocycles. The van der Waals surface area contributed by atoms with Crippen LogP contribution >= 0.6 is 0 Å². The first kappa shape index (κ1) is 30.0. The Morgan fingerprint density at radius 2 is 1.69 bits per heavy atom.